The fraction of sp³-hybridized carbons (Fsp3) is 0.600. The van der Waals surface area contributed by atoms with E-state index in [0.29, 0.717) is 0 Å². The van der Waals surface area contributed by atoms with Crippen LogP contribution in [0.1, 0.15) is 24.8 Å². The van der Waals surface area contributed by atoms with E-state index in [4.69, 9.17) is 4.74 Å². The van der Waals surface area contributed by atoms with Crippen molar-refractivity contribution in [1.29, 1.82) is 0 Å². The molecule has 1 saturated heterocycles. The molecule has 2 rings (SSSR count). The number of rotatable bonds is 6. The Hall–Kier alpha value is -1.06. The van der Waals surface area contributed by atoms with Crippen LogP contribution < -0.4 is 10.1 Å². The highest BCUT2D eigenvalue weighted by atomic mass is 16.5. The zero-order valence-electron chi connectivity index (χ0n) is 11.3. The third kappa shape index (κ3) is 4.00. The SMILES string of the molecule is CNCc1ccccc1OCCN1CCCCC1. The summed E-state index contributed by atoms with van der Waals surface area (Å²) in [6, 6.07) is 8.27. The summed E-state index contributed by atoms with van der Waals surface area (Å²) in [6.07, 6.45) is 4.08. The van der Waals surface area contributed by atoms with Crippen molar-refractivity contribution in [3.05, 3.63) is 29.8 Å². The minimum absolute atomic E-state index is 0.792. The van der Waals surface area contributed by atoms with Gasteiger partial charge in [-0.15, -0.1) is 0 Å². The molecule has 1 aromatic rings. The lowest BCUT2D eigenvalue weighted by atomic mass is 10.1. The van der Waals surface area contributed by atoms with Gasteiger partial charge in [-0.05, 0) is 39.0 Å². The van der Waals surface area contributed by atoms with Crippen LogP contribution in [0, 0.1) is 0 Å². The van der Waals surface area contributed by atoms with E-state index in [1.54, 1.807) is 0 Å². The predicted molar refractivity (Wildman–Crippen MR) is 75.0 cm³/mol. The third-order valence-corrected chi connectivity index (χ3v) is 3.45. The van der Waals surface area contributed by atoms with Crippen molar-refractivity contribution in [2.24, 2.45) is 0 Å². The van der Waals surface area contributed by atoms with Crippen LogP contribution in [0.5, 0.6) is 5.75 Å². The molecular weight excluding hydrogens is 224 g/mol. The van der Waals surface area contributed by atoms with Gasteiger partial charge in [0.25, 0.3) is 0 Å². The first-order chi connectivity index (χ1) is 8.90. The fourth-order valence-electron chi connectivity index (χ4n) is 2.45. The molecule has 0 atom stereocenters. The van der Waals surface area contributed by atoms with Gasteiger partial charge >= 0.3 is 0 Å². The van der Waals surface area contributed by atoms with Gasteiger partial charge in [-0.2, -0.15) is 0 Å². The number of ether oxygens (including phenoxy) is 1. The van der Waals surface area contributed by atoms with Gasteiger partial charge in [0.2, 0.25) is 0 Å². The second-order valence-electron chi connectivity index (χ2n) is 4.89. The van der Waals surface area contributed by atoms with Gasteiger partial charge in [-0.3, -0.25) is 4.90 Å². The van der Waals surface area contributed by atoms with Gasteiger partial charge in [-0.1, -0.05) is 24.6 Å². The lowest BCUT2D eigenvalue weighted by molar-refractivity contribution is 0.182. The number of nitrogens with zero attached hydrogens (tertiary/aromatic N) is 1. The summed E-state index contributed by atoms with van der Waals surface area (Å²) in [5, 5.41) is 3.17. The zero-order valence-corrected chi connectivity index (χ0v) is 11.3. The molecule has 0 saturated carbocycles. The van der Waals surface area contributed by atoms with Crippen molar-refractivity contribution in [1.82, 2.24) is 10.2 Å². The van der Waals surface area contributed by atoms with E-state index in [9.17, 15) is 0 Å². The van der Waals surface area contributed by atoms with E-state index >= 15 is 0 Å². The van der Waals surface area contributed by atoms with E-state index in [1.807, 2.05) is 13.1 Å². The topological polar surface area (TPSA) is 24.5 Å². The maximum atomic E-state index is 5.91. The summed E-state index contributed by atoms with van der Waals surface area (Å²) in [5.41, 5.74) is 1.23. The minimum atomic E-state index is 0.792. The second kappa shape index (κ2) is 7.39. The van der Waals surface area contributed by atoms with Crippen molar-refractivity contribution in [2.45, 2.75) is 25.8 Å². The smallest absolute Gasteiger partial charge is 0.123 e. The highest BCUT2D eigenvalue weighted by Crippen LogP contribution is 2.17. The van der Waals surface area contributed by atoms with Gasteiger partial charge in [0, 0.05) is 18.7 Å². The first-order valence-corrected chi connectivity index (χ1v) is 6.98. The minimum Gasteiger partial charge on any atom is -0.492 e. The molecule has 0 aliphatic carbocycles. The second-order valence-corrected chi connectivity index (χ2v) is 4.89. The average molecular weight is 248 g/mol. The Morgan fingerprint density at radius 1 is 1.17 bits per heavy atom. The molecule has 0 radical (unpaired) electrons. The van der Waals surface area contributed by atoms with E-state index in [1.165, 1.54) is 37.9 Å². The lowest BCUT2D eigenvalue weighted by Gasteiger charge is -2.26. The average Bonchev–Trinajstić information content (AvgIpc) is 2.42. The maximum Gasteiger partial charge on any atom is 0.123 e. The number of hydrogen-bond donors (Lipinski definition) is 1. The molecule has 0 aromatic heterocycles. The Balaban J connectivity index is 1.78. The quantitative estimate of drug-likeness (QED) is 0.836. The van der Waals surface area contributed by atoms with Crippen molar-refractivity contribution >= 4 is 0 Å². The maximum absolute atomic E-state index is 5.91. The first kappa shape index (κ1) is 13.4. The largest absolute Gasteiger partial charge is 0.492 e. The van der Waals surface area contributed by atoms with Crippen LogP contribution in [0.3, 0.4) is 0 Å². The fourth-order valence-corrected chi connectivity index (χ4v) is 2.45. The molecule has 0 amide bonds. The van der Waals surface area contributed by atoms with Crippen molar-refractivity contribution in [3.63, 3.8) is 0 Å². The Morgan fingerprint density at radius 2 is 1.94 bits per heavy atom. The molecule has 3 heteroatoms. The standard InChI is InChI=1S/C15H24N2O/c1-16-13-14-7-3-4-8-15(14)18-12-11-17-9-5-2-6-10-17/h3-4,7-8,16H,2,5-6,9-13H2,1H3. The molecule has 1 heterocycles. The number of likely N-dealkylation sites (tertiary alicyclic amines) is 1. The van der Waals surface area contributed by atoms with Crippen LogP contribution in [0.2, 0.25) is 0 Å². The van der Waals surface area contributed by atoms with Crippen molar-refractivity contribution in [3.8, 4) is 5.75 Å². The molecule has 0 unspecified atom stereocenters. The lowest BCUT2D eigenvalue weighted by Crippen LogP contribution is -2.33. The van der Waals surface area contributed by atoms with Crippen LogP contribution in [-0.2, 0) is 6.54 Å². The Bertz CT molecular complexity index is 348. The van der Waals surface area contributed by atoms with Gasteiger partial charge in [0.05, 0.1) is 0 Å². The van der Waals surface area contributed by atoms with Gasteiger partial charge in [0.1, 0.15) is 12.4 Å². The highest BCUT2D eigenvalue weighted by molar-refractivity contribution is 5.33. The number of hydrogen-bond acceptors (Lipinski definition) is 3. The van der Waals surface area contributed by atoms with E-state index in [2.05, 4.69) is 28.4 Å². The molecule has 1 N–H and O–H groups in total. The van der Waals surface area contributed by atoms with Crippen LogP contribution in [0.25, 0.3) is 0 Å². The molecule has 0 bridgehead atoms. The molecule has 100 valence electrons. The molecule has 1 aromatic carbocycles. The molecular formula is C15H24N2O. The normalized spacial score (nSPS) is 16.7. The molecule has 1 aliphatic heterocycles. The van der Waals surface area contributed by atoms with Crippen LogP contribution in [0.4, 0.5) is 0 Å². The summed E-state index contributed by atoms with van der Waals surface area (Å²) in [5.74, 6) is 1.02. The van der Waals surface area contributed by atoms with Crippen molar-refractivity contribution in [2.75, 3.05) is 33.3 Å². The zero-order chi connectivity index (χ0) is 12.6. The van der Waals surface area contributed by atoms with Crippen molar-refractivity contribution < 1.29 is 4.74 Å². The summed E-state index contributed by atoms with van der Waals surface area (Å²) < 4.78 is 5.91. The number of nitrogens with one attached hydrogen (secondary N) is 1. The van der Waals surface area contributed by atoms with E-state index < -0.39 is 0 Å². The molecule has 0 spiro atoms. The van der Waals surface area contributed by atoms with Gasteiger partial charge in [-0.25, -0.2) is 0 Å². The number of benzene rings is 1. The molecule has 1 aliphatic rings. The summed E-state index contributed by atoms with van der Waals surface area (Å²) >= 11 is 0. The van der Waals surface area contributed by atoms with Gasteiger partial charge < -0.3 is 10.1 Å². The molecule has 3 nitrogen and oxygen atoms in total. The third-order valence-electron chi connectivity index (χ3n) is 3.45. The monoisotopic (exact) mass is 248 g/mol. The van der Waals surface area contributed by atoms with E-state index in [-0.39, 0.29) is 0 Å². The highest BCUT2D eigenvalue weighted by Gasteiger charge is 2.10. The first-order valence-electron chi connectivity index (χ1n) is 6.98. The Morgan fingerprint density at radius 3 is 2.72 bits per heavy atom. The molecule has 18 heavy (non-hydrogen) atoms. The number of piperidine rings is 1. The van der Waals surface area contributed by atoms with Crippen LogP contribution >= 0.6 is 0 Å². The Kier molecular flexibility index (Phi) is 5.49. The molecule has 1 fully saturated rings. The van der Waals surface area contributed by atoms with Crippen LogP contribution in [-0.4, -0.2) is 38.2 Å². The van der Waals surface area contributed by atoms with Crippen LogP contribution in [0.15, 0.2) is 24.3 Å². The van der Waals surface area contributed by atoms with Gasteiger partial charge in [0.15, 0.2) is 0 Å². The number of para-hydroxylation sites is 1. The summed E-state index contributed by atoms with van der Waals surface area (Å²) in [4.78, 5) is 2.50. The predicted octanol–water partition coefficient (Wildman–Crippen LogP) is 2.27. The summed E-state index contributed by atoms with van der Waals surface area (Å²) in [7, 11) is 1.96. The van der Waals surface area contributed by atoms with E-state index in [0.717, 1.165) is 25.4 Å². The summed E-state index contributed by atoms with van der Waals surface area (Å²) in [6.45, 7) is 5.18. The Labute approximate surface area is 110 Å².